The highest BCUT2D eigenvalue weighted by atomic mass is 32.2. The Morgan fingerprint density at radius 3 is 2.84 bits per heavy atom. The number of thioether (sulfide) groups is 1. The molecule has 0 spiro atoms. The average molecular weight is 282 g/mol. The maximum Gasteiger partial charge on any atom is 0.251 e. The Balaban J connectivity index is 2.56. The van der Waals surface area contributed by atoms with Crippen LogP contribution < -0.4 is 10.6 Å². The molecule has 1 rings (SSSR count). The van der Waals surface area contributed by atoms with Crippen LogP contribution in [0.4, 0.5) is 5.69 Å². The second kappa shape index (κ2) is 8.55. The summed E-state index contributed by atoms with van der Waals surface area (Å²) < 4.78 is 0. The van der Waals surface area contributed by atoms with Crippen molar-refractivity contribution in [1.29, 1.82) is 0 Å². The lowest BCUT2D eigenvalue weighted by molar-refractivity contribution is -0.113. The number of hydrogen-bond donors (Lipinski definition) is 3. The van der Waals surface area contributed by atoms with Crippen LogP contribution in [0.2, 0.25) is 0 Å². The molecule has 1 aromatic carbocycles. The van der Waals surface area contributed by atoms with Crippen molar-refractivity contribution in [3.8, 4) is 0 Å². The number of aliphatic hydroxyl groups is 1. The van der Waals surface area contributed by atoms with E-state index in [-0.39, 0.29) is 24.2 Å². The lowest BCUT2D eigenvalue weighted by atomic mass is 10.2. The van der Waals surface area contributed by atoms with E-state index in [4.69, 9.17) is 5.11 Å². The Morgan fingerprint density at radius 2 is 2.16 bits per heavy atom. The van der Waals surface area contributed by atoms with E-state index < -0.39 is 0 Å². The van der Waals surface area contributed by atoms with E-state index in [1.807, 2.05) is 6.92 Å². The van der Waals surface area contributed by atoms with Crippen molar-refractivity contribution in [3.63, 3.8) is 0 Å². The molecular weight excluding hydrogens is 264 g/mol. The summed E-state index contributed by atoms with van der Waals surface area (Å²) in [4.78, 5) is 23.2. The molecule has 19 heavy (non-hydrogen) atoms. The van der Waals surface area contributed by atoms with Gasteiger partial charge in [0.15, 0.2) is 0 Å². The first-order valence-corrected chi connectivity index (χ1v) is 7.19. The van der Waals surface area contributed by atoms with E-state index in [0.29, 0.717) is 23.5 Å². The summed E-state index contributed by atoms with van der Waals surface area (Å²) in [5.74, 6) is 0.512. The molecule has 0 aliphatic rings. The van der Waals surface area contributed by atoms with Crippen LogP contribution in [0.1, 0.15) is 17.3 Å². The number of carbonyl (C=O) groups excluding carboxylic acids is 2. The predicted molar refractivity (Wildman–Crippen MR) is 77.5 cm³/mol. The molecule has 0 radical (unpaired) electrons. The van der Waals surface area contributed by atoms with Crippen LogP contribution in [0.3, 0.4) is 0 Å². The van der Waals surface area contributed by atoms with E-state index >= 15 is 0 Å². The Bertz CT molecular complexity index is 438. The van der Waals surface area contributed by atoms with Gasteiger partial charge in [0, 0.05) is 23.5 Å². The molecule has 1 aromatic rings. The SMILES string of the molecule is CCNC(=O)c1cccc(NC(=O)CSCCO)c1. The molecule has 3 N–H and O–H groups in total. The molecule has 0 aliphatic carbocycles. The quantitative estimate of drug-likeness (QED) is 0.654. The van der Waals surface area contributed by atoms with Gasteiger partial charge in [-0.15, -0.1) is 11.8 Å². The smallest absolute Gasteiger partial charge is 0.251 e. The zero-order valence-electron chi connectivity index (χ0n) is 10.8. The van der Waals surface area contributed by atoms with Crippen LogP contribution in [-0.2, 0) is 4.79 Å². The molecule has 104 valence electrons. The standard InChI is InChI=1S/C13H18N2O3S/c1-2-14-13(18)10-4-3-5-11(8-10)15-12(17)9-19-7-6-16/h3-5,8,16H,2,6-7,9H2,1H3,(H,14,18)(H,15,17). The fourth-order valence-corrected chi connectivity index (χ4v) is 1.96. The summed E-state index contributed by atoms with van der Waals surface area (Å²) in [6.45, 7) is 2.47. The van der Waals surface area contributed by atoms with Gasteiger partial charge in [0.05, 0.1) is 12.4 Å². The van der Waals surface area contributed by atoms with Gasteiger partial charge in [0.2, 0.25) is 5.91 Å². The van der Waals surface area contributed by atoms with Gasteiger partial charge in [-0.2, -0.15) is 0 Å². The number of rotatable bonds is 7. The summed E-state index contributed by atoms with van der Waals surface area (Å²) in [7, 11) is 0. The maximum atomic E-state index is 11.6. The number of aliphatic hydroxyl groups excluding tert-OH is 1. The molecule has 6 heteroatoms. The molecule has 5 nitrogen and oxygen atoms in total. The third kappa shape index (κ3) is 5.76. The fourth-order valence-electron chi connectivity index (χ4n) is 1.43. The molecule has 0 aliphatic heterocycles. The lowest BCUT2D eigenvalue weighted by Crippen LogP contribution is -2.23. The fraction of sp³-hybridized carbons (Fsp3) is 0.385. The summed E-state index contributed by atoms with van der Waals surface area (Å²) in [6, 6.07) is 6.79. The number of anilines is 1. The largest absolute Gasteiger partial charge is 0.396 e. The van der Waals surface area contributed by atoms with Crippen LogP contribution in [0.25, 0.3) is 0 Å². The zero-order chi connectivity index (χ0) is 14.1. The van der Waals surface area contributed by atoms with Crippen LogP contribution in [-0.4, -0.2) is 41.6 Å². The van der Waals surface area contributed by atoms with Gasteiger partial charge in [0.25, 0.3) is 5.91 Å². The van der Waals surface area contributed by atoms with Crippen molar-refractivity contribution in [1.82, 2.24) is 5.32 Å². The van der Waals surface area contributed by atoms with Gasteiger partial charge in [-0.25, -0.2) is 0 Å². The number of nitrogens with one attached hydrogen (secondary N) is 2. The van der Waals surface area contributed by atoms with Crippen LogP contribution >= 0.6 is 11.8 Å². The van der Waals surface area contributed by atoms with E-state index in [9.17, 15) is 9.59 Å². The second-order valence-corrected chi connectivity index (χ2v) is 4.87. The normalized spacial score (nSPS) is 10.0. The minimum Gasteiger partial charge on any atom is -0.396 e. The summed E-state index contributed by atoms with van der Waals surface area (Å²) in [5, 5.41) is 14.0. The highest BCUT2D eigenvalue weighted by Gasteiger charge is 2.07. The van der Waals surface area contributed by atoms with Crippen molar-refractivity contribution in [3.05, 3.63) is 29.8 Å². The molecule has 0 bridgehead atoms. The van der Waals surface area contributed by atoms with Gasteiger partial charge >= 0.3 is 0 Å². The molecule has 0 aromatic heterocycles. The number of hydrogen-bond acceptors (Lipinski definition) is 4. The monoisotopic (exact) mass is 282 g/mol. The van der Waals surface area contributed by atoms with Crippen LogP contribution in [0, 0.1) is 0 Å². The van der Waals surface area contributed by atoms with Gasteiger partial charge < -0.3 is 15.7 Å². The Kier molecular flexibility index (Phi) is 6.99. The Hall–Kier alpha value is -1.53. The van der Waals surface area contributed by atoms with Crippen LogP contribution in [0.5, 0.6) is 0 Å². The summed E-state index contributed by atoms with van der Waals surface area (Å²) in [6.07, 6.45) is 0. The van der Waals surface area contributed by atoms with Gasteiger partial charge in [0.1, 0.15) is 0 Å². The first kappa shape index (κ1) is 15.5. The molecular formula is C13H18N2O3S. The van der Waals surface area contributed by atoms with Crippen molar-refractivity contribution in [2.75, 3.05) is 30.0 Å². The Labute approximate surface area is 116 Å². The molecule has 0 saturated heterocycles. The van der Waals surface area contributed by atoms with Crippen molar-refractivity contribution in [2.24, 2.45) is 0 Å². The third-order valence-corrected chi connectivity index (χ3v) is 3.15. The van der Waals surface area contributed by atoms with Crippen molar-refractivity contribution in [2.45, 2.75) is 6.92 Å². The van der Waals surface area contributed by atoms with Crippen molar-refractivity contribution >= 4 is 29.3 Å². The van der Waals surface area contributed by atoms with E-state index in [1.54, 1.807) is 24.3 Å². The second-order valence-electron chi connectivity index (χ2n) is 3.76. The van der Waals surface area contributed by atoms with Gasteiger partial charge in [-0.05, 0) is 25.1 Å². The molecule has 0 fully saturated rings. The minimum absolute atomic E-state index is 0.0601. The number of amides is 2. The molecule has 2 amide bonds. The topological polar surface area (TPSA) is 78.4 Å². The third-order valence-electron chi connectivity index (χ3n) is 2.21. The molecule has 0 saturated carbocycles. The first-order valence-electron chi connectivity index (χ1n) is 6.04. The summed E-state index contributed by atoms with van der Waals surface area (Å²) in [5.41, 5.74) is 1.11. The van der Waals surface area contributed by atoms with Gasteiger partial charge in [-0.1, -0.05) is 6.07 Å². The maximum absolute atomic E-state index is 11.6. The summed E-state index contributed by atoms with van der Waals surface area (Å²) >= 11 is 1.36. The minimum atomic E-state index is -0.159. The highest BCUT2D eigenvalue weighted by Crippen LogP contribution is 2.11. The average Bonchev–Trinajstić information content (AvgIpc) is 2.39. The molecule has 0 atom stereocenters. The Morgan fingerprint density at radius 1 is 1.37 bits per heavy atom. The van der Waals surface area contributed by atoms with Crippen LogP contribution in [0.15, 0.2) is 24.3 Å². The van der Waals surface area contributed by atoms with Crippen molar-refractivity contribution < 1.29 is 14.7 Å². The molecule has 0 unspecified atom stereocenters. The number of benzene rings is 1. The predicted octanol–water partition coefficient (Wildman–Crippen LogP) is 1.10. The first-order chi connectivity index (χ1) is 9.17. The van der Waals surface area contributed by atoms with E-state index in [2.05, 4.69) is 10.6 Å². The van der Waals surface area contributed by atoms with E-state index in [1.165, 1.54) is 11.8 Å². The number of carbonyl (C=O) groups is 2. The molecule has 0 heterocycles. The lowest BCUT2D eigenvalue weighted by Gasteiger charge is -2.07. The van der Waals surface area contributed by atoms with E-state index in [0.717, 1.165) is 0 Å². The highest BCUT2D eigenvalue weighted by molar-refractivity contribution is 7.99. The zero-order valence-corrected chi connectivity index (χ0v) is 11.6. The van der Waals surface area contributed by atoms with Gasteiger partial charge in [-0.3, -0.25) is 9.59 Å².